The van der Waals surface area contributed by atoms with Crippen molar-refractivity contribution in [2.24, 2.45) is 0 Å². The first-order chi connectivity index (χ1) is 12.1. The quantitative estimate of drug-likeness (QED) is 0.548. The third kappa shape index (κ3) is 4.51. The van der Waals surface area contributed by atoms with Gasteiger partial charge in [0.25, 0.3) is 0 Å². The second-order valence-electron chi connectivity index (χ2n) is 5.83. The molecule has 1 aromatic heterocycles. The van der Waals surface area contributed by atoms with E-state index in [2.05, 4.69) is 46.9 Å². The van der Waals surface area contributed by atoms with Crippen molar-refractivity contribution in [3.05, 3.63) is 30.1 Å². The molecule has 0 spiro atoms. The molecule has 25 heavy (non-hydrogen) atoms. The molecule has 0 aliphatic carbocycles. The highest BCUT2D eigenvalue weighted by Crippen LogP contribution is 2.27. The van der Waals surface area contributed by atoms with Crippen molar-refractivity contribution in [1.29, 1.82) is 0 Å². The van der Waals surface area contributed by atoms with Crippen LogP contribution < -0.4 is 5.32 Å². The zero-order chi connectivity index (χ0) is 17.8. The SMILES string of the molecule is CN(C(=O)Nc1nnc(-c2cccc(F)c2)s1)C1CC[N+](=CI)CC1. The van der Waals surface area contributed by atoms with Crippen molar-refractivity contribution in [3.63, 3.8) is 0 Å². The van der Waals surface area contributed by atoms with E-state index in [0.717, 1.165) is 25.9 Å². The number of anilines is 1. The summed E-state index contributed by atoms with van der Waals surface area (Å²) in [6.45, 7) is 1.90. The average molecular weight is 474 g/mol. The number of hydrogen-bond acceptors (Lipinski definition) is 4. The number of nitrogens with one attached hydrogen (secondary N) is 1. The van der Waals surface area contributed by atoms with Crippen LogP contribution in [0.5, 0.6) is 0 Å². The van der Waals surface area contributed by atoms with Gasteiger partial charge in [-0.15, -0.1) is 10.2 Å². The van der Waals surface area contributed by atoms with Gasteiger partial charge in [-0.25, -0.2) is 13.8 Å². The van der Waals surface area contributed by atoms with Gasteiger partial charge in [-0.1, -0.05) is 23.5 Å². The lowest BCUT2D eigenvalue weighted by Crippen LogP contribution is -2.44. The minimum absolute atomic E-state index is 0.196. The molecule has 2 aromatic rings. The standard InChI is InChI=1S/C16H17FIN5OS/c1-22(13-5-7-23(10-18)8-6-13)16(24)19-15-21-20-14(25-15)11-3-2-4-12(17)9-11/h2-4,9-10,13H,5-8H2,1H3/p+1. The summed E-state index contributed by atoms with van der Waals surface area (Å²) in [5, 5.41) is 11.8. The van der Waals surface area contributed by atoms with Crippen LogP contribution in [0.1, 0.15) is 12.8 Å². The zero-order valence-corrected chi connectivity index (χ0v) is 16.6. The fourth-order valence-electron chi connectivity index (χ4n) is 2.73. The van der Waals surface area contributed by atoms with E-state index in [0.29, 0.717) is 15.7 Å². The van der Waals surface area contributed by atoms with Gasteiger partial charge in [0.15, 0.2) is 4.22 Å². The van der Waals surface area contributed by atoms with Crippen LogP contribution in [0.25, 0.3) is 10.6 Å². The van der Waals surface area contributed by atoms with Gasteiger partial charge >= 0.3 is 6.03 Å². The summed E-state index contributed by atoms with van der Waals surface area (Å²) in [6.07, 6.45) is 1.88. The van der Waals surface area contributed by atoms with E-state index in [1.807, 2.05) is 0 Å². The van der Waals surface area contributed by atoms with Crippen LogP contribution in [0.4, 0.5) is 14.3 Å². The van der Waals surface area contributed by atoms with Crippen molar-refractivity contribution < 1.29 is 13.8 Å². The van der Waals surface area contributed by atoms with Gasteiger partial charge in [0.05, 0.1) is 0 Å². The third-order valence-electron chi connectivity index (χ3n) is 4.22. The Morgan fingerprint density at radius 1 is 1.44 bits per heavy atom. The van der Waals surface area contributed by atoms with Crippen LogP contribution in [0.15, 0.2) is 24.3 Å². The molecule has 1 aliphatic rings. The number of aromatic nitrogens is 2. The number of halogens is 2. The minimum Gasteiger partial charge on any atom is -0.324 e. The van der Waals surface area contributed by atoms with E-state index >= 15 is 0 Å². The highest BCUT2D eigenvalue weighted by atomic mass is 127. The Labute approximate surface area is 162 Å². The highest BCUT2D eigenvalue weighted by molar-refractivity contribution is 14.1. The molecule has 0 unspecified atom stereocenters. The molecule has 0 bridgehead atoms. The molecule has 9 heteroatoms. The molecule has 0 atom stereocenters. The predicted molar refractivity (Wildman–Crippen MR) is 105 cm³/mol. The smallest absolute Gasteiger partial charge is 0.323 e. The molecular weight excluding hydrogens is 456 g/mol. The lowest BCUT2D eigenvalue weighted by atomic mass is 10.1. The highest BCUT2D eigenvalue weighted by Gasteiger charge is 2.27. The van der Waals surface area contributed by atoms with Crippen LogP contribution >= 0.6 is 33.9 Å². The van der Waals surface area contributed by atoms with Crippen molar-refractivity contribution in [2.45, 2.75) is 18.9 Å². The molecule has 0 radical (unpaired) electrons. The maximum absolute atomic E-state index is 13.3. The first-order valence-corrected chi connectivity index (χ1v) is 9.94. The lowest BCUT2D eigenvalue weighted by molar-refractivity contribution is -0.532. The van der Waals surface area contributed by atoms with Gasteiger partial charge in [-0.05, 0) is 12.1 Å². The topological polar surface area (TPSA) is 61.1 Å². The van der Waals surface area contributed by atoms with Crippen LogP contribution in [-0.4, -0.2) is 56.1 Å². The molecule has 1 N–H and O–H groups in total. The van der Waals surface area contributed by atoms with Crippen molar-refractivity contribution in [3.8, 4) is 10.6 Å². The van der Waals surface area contributed by atoms with Crippen LogP contribution in [0.3, 0.4) is 0 Å². The number of amides is 2. The van der Waals surface area contributed by atoms with E-state index < -0.39 is 0 Å². The number of nitrogens with zero attached hydrogens (tertiary/aromatic N) is 4. The van der Waals surface area contributed by atoms with E-state index in [1.54, 1.807) is 24.1 Å². The number of piperidine rings is 1. The summed E-state index contributed by atoms with van der Waals surface area (Å²) in [4.78, 5) is 14.2. The number of hydrogen-bond donors (Lipinski definition) is 1. The monoisotopic (exact) mass is 474 g/mol. The number of benzene rings is 1. The summed E-state index contributed by atoms with van der Waals surface area (Å²) >= 11 is 3.47. The average Bonchev–Trinajstić information content (AvgIpc) is 3.09. The van der Waals surface area contributed by atoms with Crippen LogP contribution in [0, 0.1) is 5.82 Å². The van der Waals surface area contributed by atoms with Gasteiger partial charge in [0, 0.05) is 54.1 Å². The molecular formula is C16H18FIN5OS+. The minimum atomic E-state index is -0.326. The number of carbonyl (C=O) groups excluding carboxylic acids is 1. The molecule has 3 rings (SSSR count). The second kappa shape index (κ2) is 8.17. The number of carbonyl (C=O) groups is 1. The number of urea groups is 1. The Hall–Kier alpha value is -1.62. The van der Waals surface area contributed by atoms with Crippen LogP contribution in [-0.2, 0) is 0 Å². The fourth-order valence-corrected chi connectivity index (χ4v) is 4.01. The van der Waals surface area contributed by atoms with Crippen LogP contribution in [0.2, 0.25) is 0 Å². The first-order valence-electron chi connectivity index (χ1n) is 7.87. The Balaban J connectivity index is 1.62. The molecule has 1 saturated heterocycles. The summed E-state index contributed by atoms with van der Waals surface area (Å²) in [7, 11) is 1.80. The number of rotatable bonds is 3. The van der Waals surface area contributed by atoms with Gasteiger partial charge in [-0.2, -0.15) is 0 Å². The molecule has 1 aromatic carbocycles. The Bertz CT molecular complexity index is 786. The van der Waals surface area contributed by atoms with Gasteiger partial charge in [0.1, 0.15) is 23.9 Å². The largest absolute Gasteiger partial charge is 0.324 e. The van der Waals surface area contributed by atoms with E-state index in [-0.39, 0.29) is 17.9 Å². The van der Waals surface area contributed by atoms with E-state index in [4.69, 9.17) is 0 Å². The molecule has 1 fully saturated rings. The molecule has 2 heterocycles. The van der Waals surface area contributed by atoms with E-state index in [1.165, 1.54) is 23.5 Å². The molecule has 0 saturated carbocycles. The first kappa shape index (κ1) is 18.2. The maximum Gasteiger partial charge on any atom is 0.323 e. The molecule has 1 aliphatic heterocycles. The van der Waals surface area contributed by atoms with Crippen molar-refractivity contribution in [2.75, 3.05) is 25.5 Å². The van der Waals surface area contributed by atoms with Gasteiger partial charge in [-0.3, -0.25) is 5.32 Å². The summed E-state index contributed by atoms with van der Waals surface area (Å²) in [5.74, 6) is -0.326. The Kier molecular flexibility index (Phi) is 5.94. The van der Waals surface area contributed by atoms with Crippen molar-refractivity contribution in [1.82, 2.24) is 15.1 Å². The summed E-state index contributed by atoms with van der Waals surface area (Å²) in [6, 6.07) is 6.18. The molecule has 132 valence electrons. The fraction of sp³-hybridized carbons (Fsp3) is 0.375. The Morgan fingerprint density at radius 3 is 2.88 bits per heavy atom. The van der Waals surface area contributed by atoms with Gasteiger partial charge in [0.2, 0.25) is 5.13 Å². The Morgan fingerprint density at radius 2 is 2.20 bits per heavy atom. The lowest BCUT2D eigenvalue weighted by Gasteiger charge is -2.29. The summed E-state index contributed by atoms with van der Waals surface area (Å²) in [5.41, 5.74) is 0.647. The second-order valence-corrected chi connectivity index (χ2v) is 7.36. The maximum atomic E-state index is 13.3. The van der Waals surface area contributed by atoms with Gasteiger partial charge < -0.3 is 4.90 Å². The zero-order valence-electron chi connectivity index (χ0n) is 13.7. The van der Waals surface area contributed by atoms with E-state index in [9.17, 15) is 9.18 Å². The third-order valence-corrected chi connectivity index (χ3v) is 5.89. The molecule has 6 nitrogen and oxygen atoms in total. The normalized spacial score (nSPS) is 17.2. The summed E-state index contributed by atoms with van der Waals surface area (Å²) < 4.78 is 17.6. The predicted octanol–water partition coefficient (Wildman–Crippen LogP) is 3.45. The van der Waals surface area contributed by atoms with Crippen molar-refractivity contribution >= 4 is 49.3 Å². The molecule has 2 amide bonds.